The molecule has 2 atom stereocenters. The lowest BCUT2D eigenvalue weighted by atomic mass is 9.90. The number of carboxylic acid groups (broad SMARTS) is 1. The summed E-state index contributed by atoms with van der Waals surface area (Å²) in [7, 11) is 0. The summed E-state index contributed by atoms with van der Waals surface area (Å²) >= 11 is 0. The summed E-state index contributed by atoms with van der Waals surface area (Å²) in [5.41, 5.74) is 0. The van der Waals surface area contributed by atoms with Gasteiger partial charge in [-0.2, -0.15) is 0 Å². The lowest BCUT2D eigenvalue weighted by Crippen LogP contribution is -2.58. The number of amides is 2. The highest BCUT2D eigenvalue weighted by Gasteiger charge is 2.41. The van der Waals surface area contributed by atoms with Gasteiger partial charge >= 0.3 is 12.0 Å². The molecule has 118 valence electrons. The third-order valence-electron chi connectivity index (χ3n) is 4.78. The molecule has 2 unspecified atom stereocenters. The van der Waals surface area contributed by atoms with E-state index in [0.717, 1.165) is 32.1 Å². The summed E-state index contributed by atoms with van der Waals surface area (Å²) in [4.78, 5) is 27.4. The van der Waals surface area contributed by atoms with Crippen LogP contribution < -0.4 is 0 Å². The van der Waals surface area contributed by atoms with Crippen LogP contribution in [0.15, 0.2) is 0 Å². The second-order valence-electron chi connectivity index (χ2n) is 6.31. The van der Waals surface area contributed by atoms with Crippen molar-refractivity contribution >= 4 is 12.0 Å². The monoisotopic (exact) mass is 296 g/mol. The number of nitrogens with zero attached hydrogens (tertiary/aromatic N) is 2. The molecule has 1 N–H and O–H groups in total. The highest BCUT2D eigenvalue weighted by atomic mass is 16.5. The lowest BCUT2D eigenvalue weighted by Gasteiger charge is -2.45. The quantitative estimate of drug-likeness (QED) is 0.857. The molecule has 2 saturated carbocycles. The van der Waals surface area contributed by atoms with Crippen molar-refractivity contribution in [3.05, 3.63) is 0 Å². The largest absolute Gasteiger partial charge is 0.481 e. The van der Waals surface area contributed by atoms with Crippen LogP contribution in [0.3, 0.4) is 0 Å². The van der Waals surface area contributed by atoms with Crippen molar-refractivity contribution in [3.63, 3.8) is 0 Å². The number of carbonyl (C=O) groups excluding carboxylic acids is 1. The van der Waals surface area contributed by atoms with E-state index in [1.807, 2.05) is 4.90 Å². The van der Waals surface area contributed by atoms with Gasteiger partial charge in [0.25, 0.3) is 0 Å². The highest BCUT2D eigenvalue weighted by Crippen LogP contribution is 2.32. The molecular weight excluding hydrogens is 272 g/mol. The number of carboxylic acids is 1. The fourth-order valence-electron chi connectivity index (χ4n) is 3.54. The van der Waals surface area contributed by atoms with Gasteiger partial charge in [0.15, 0.2) is 0 Å². The summed E-state index contributed by atoms with van der Waals surface area (Å²) in [5, 5.41) is 8.87. The van der Waals surface area contributed by atoms with E-state index in [0.29, 0.717) is 19.7 Å². The van der Waals surface area contributed by atoms with Crippen molar-refractivity contribution < 1.29 is 19.4 Å². The van der Waals surface area contributed by atoms with Crippen LogP contribution in [0, 0.1) is 0 Å². The van der Waals surface area contributed by atoms with Gasteiger partial charge in [-0.1, -0.05) is 12.8 Å². The third-order valence-corrected chi connectivity index (χ3v) is 4.78. The molecule has 0 spiro atoms. The number of morpholine rings is 1. The topological polar surface area (TPSA) is 70.1 Å². The molecule has 1 saturated heterocycles. The molecule has 2 amide bonds. The zero-order chi connectivity index (χ0) is 14.8. The van der Waals surface area contributed by atoms with Crippen LogP contribution in [0.25, 0.3) is 0 Å². The van der Waals surface area contributed by atoms with E-state index >= 15 is 0 Å². The highest BCUT2D eigenvalue weighted by molar-refractivity contribution is 5.76. The number of rotatable bonds is 4. The van der Waals surface area contributed by atoms with Crippen molar-refractivity contribution in [3.8, 4) is 0 Å². The van der Waals surface area contributed by atoms with Crippen molar-refractivity contribution in [1.29, 1.82) is 0 Å². The summed E-state index contributed by atoms with van der Waals surface area (Å²) in [5.74, 6) is -0.842. The van der Waals surface area contributed by atoms with Crippen LogP contribution in [0.5, 0.6) is 0 Å². The minimum absolute atomic E-state index is 0.0268. The fourth-order valence-corrected chi connectivity index (χ4v) is 3.54. The van der Waals surface area contributed by atoms with Crippen LogP contribution in [-0.2, 0) is 9.53 Å². The molecule has 3 rings (SSSR count). The number of hydrogen-bond donors (Lipinski definition) is 1. The Hall–Kier alpha value is -1.30. The smallest absolute Gasteiger partial charge is 0.320 e. The van der Waals surface area contributed by atoms with Gasteiger partial charge < -0.3 is 19.6 Å². The van der Waals surface area contributed by atoms with Crippen LogP contribution in [0.2, 0.25) is 0 Å². The molecular formula is C15H24N2O4. The number of carbonyl (C=O) groups is 2. The van der Waals surface area contributed by atoms with E-state index < -0.39 is 5.97 Å². The Kier molecular flexibility index (Phi) is 4.33. The maximum absolute atomic E-state index is 12.9. The number of urea groups is 1. The van der Waals surface area contributed by atoms with E-state index in [2.05, 4.69) is 0 Å². The zero-order valence-electron chi connectivity index (χ0n) is 12.4. The molecule has 0 aromatic heterocycles. The van der Waals surface area contributed by atoms with Crippen LogP contribution >= 0.6 is 0 Å². The first-order chi connectivity index (χ1) is 10.2. The molecule has 3 fully saturated rings. The Balaban J connectivity index is 1.67. The van der Waals surface area contributed by atoms with Crippen LogP contribution in [0.1, 0.15) is 44.9 Å². The molecule has 0 bridgehead atoms. The molecule has 1 aliphatic heterocycles. The number of ether oxygens (including phenoxy) is 1. The summed E-state index contributed by atoms with van der Waals surface area (Å²) in [6, 6.07) is 0.465. The first kappa shape index (κ1) is 14.6. The number of hydrogen-bond acceptors (Lipinski definition) is 3. The molecule has 6 heteroatoms. The number of aliphatic carboxylic acids is 1. The second-order valence-corrected chi connectivity index (χ2v) is 6.31. The molecule has 2 aliphatic carbocycles. The van der Waals surface area contributed by atoms with Crippen molar-refractivity contribution in [2.24, 2.45) is 0 Å². The first-order valence-electron chi connectivity index (χ1n) is 8.07. The molecule has 0 radical (unpaired) electrons. The Morgan fingerprint density at radius 3 is 2.67 bits per heavy atom. The molecule has 0 aromatic carbocycles. The Labute approximate surface area is 125 Å². The van der Waals surface area contributed by atoms with Crippen LogP contribution in [0.4, 0.5) is 4.79 Å². The van der Waals surface area contributed by atoms with Gasteiger partial charge in [0.05, 0.1) is 25.2 Å². The molecule has 21 heavy (non-hydrogen) atoms. The summed E-state index contributed by atoms with van der Waals surface area (Å²) in [6.45, 7) is 1.56. The van der Waals surface area contributed by atoms with Gasteiger partial charge in [-0.15, -0.1) is 0 Å². The van der Waals surface area contributed by atoms with Gasteiger partial charge in [0, 0.05) is 19.1 Å². The van der Waals surface area contributed by atoms with Gasteiger partial charge in [-0.3, -0.25) is 4.79 Å². The predicted octanol–water partition coefficient (Wildman–Crippen LogP) is 1.69. The fraction of sp³-hybridized carbons (Fsp3) is 0.867. The summed E-state index contributed by atoms with van der Waals surface area (Å²) < 4.78 is 5.81. The SMILES string of the molecule is O=C(O)CCN(C(=O)N1CCOC2CCCCC21)C1CC1. The maximum atomic E-state index is 12.9. The third kappa shape index (κ3) is 3.31. The first-order valence-corrected chi connectivity index (χ1v) is 8.07. The van der Waals surface area contributed by atoms with Crippen molar-refractivity contribution in [1.82, 2.24) is 9.80 Å². The molecule has 1 heterocycles. The minimum atomic E-state index is -0.842. The molecule has 3 aliphatic rings. The Morgan fingerprint density at radius 1 is 1.19 bits per heavy atom. The van der Waals surface area contributed by atoms with E-state index in [4.69, 9.17) is 9.84 Å². The minimum Gasteiger partial charge on any atom is -0.481 e. The normalized spacial score (nSPS) is 28.9. The maximum Gasteiger partial charge on any atom is 0.320 e. The van der Waals surface area contributed by atoms with Crippen molar-refractivity contribution in [2.45, 2.75) is 63.1 Å². The van der Waals surface area contributed by atoms with Gasteiger partial charge in [0.2, 0.25) is 0 Å². The predicted molar refractivity (Wildman–Crippen MR) is 76.1 cm³/mol. The standard InChI is InChI=1S/C15H24N2O4/c18-14(19)7-8-16(11-5-6-11)15(20)17-9-10-21-13-4-2-1-3-12(13)17/h11-13H,1-10H2,(H,18,19). The van der Waals surface area contributed by atoms with E-state index in [-0.39, 0.29) is 30.6 Å². The van der Waals surface area contributed by atoms with Gasteiger partial charge in [-0.25, -0.2) is 4.79 Å². The van der Waals surface area contributed by atoms with E-state index in [9.17, 15) is 9.59 Å². The second kappa shape index (κ2) is 6.22. The van der Waals surface area contributed by atoms with E-state index in [1.54, 1.807) is 4.90 Å². The van der Waals surface area contributed by atoms with Crippen LogP contribution in [-0.4, -0.2) is 64.8 Å². The van der Waals surface area contributed by atoms with Gasteiger partial charge in [-0.05, 0) is 25.7 Å². The lowest BCUT2D eigenvalue weighted by molar-refractivity contribution is -0.137. The number of fused-ring (bicyclic) bond motifs is 1. The Bertz CT molecular complexity index is 408. The van der Waals surface area contributed by atoms with E-state index in [1.165, 1.54) is 6.42 Å². The zero-order valence-corrected chi connectivity index (χ0v) is 12.4. The average Bonchev–Trinajstić information content (AvgIpc) is 3.31. The summed E-state index contributed by atoms with van der Waals surface area (Å²) in [6.07, 6.45) is 6.58. The van der Waals surface area contributed by atoms with Crippen molar-refractivity contribution in [2.75, 3.05) is 19.7 Å². The molecule has 0 aromatic rings. The Morgan fingerprint density at radius 2 is 1.95 bits per heavy atom. The molecule has 6 nitrogen and oxygen atoms in total. The average molecular weight is 296 g/mol. The van der Waals surface area contributed by atoms with Gasteiger partial charge in [0.1, 0.15) is 0 Å².